The number of hydrogen-bond donors (Lipinski definition) is 2. The molecule has 0 fully saturated rings. The second kappa shape index (κ2) is 11.1. The summed E-state index contributed by atoms with van der Waals surface area (Å²) in [6.07, 6.45) is 3.35. The van der Waals surface area contributed by atoms with Crippen molar-refractivity contribution in [3.8, 4) is 22.6 Å². The predicted molar refractivity (Wildman–Crippen MR) is 128 cm³/mol. The van der Waals surface area contributed by atoms with Crippen molar-refractivity contribution in [2.24, 2.45) is 0 Å². The monoisotopic (exact) mass is 421 g/mol. The summed E-state index contributed by atoms with van der Waals surface area (Å²) in [5.74, 6) is 2.39. The molecule has 30 heavy (non-hydrogen) atoms. The lowest BCUT2D eigenvalue weighted by atomic mass is 9.95. The first-order chi connectivity index (χ1) is 14.6. The summed E-state index contributed by atoms with van der Waals surface area (Å²) in [7, 11) is 0. The molecule has 0 aliphatic heterocycles. The van der Waals surface area contributed by atoms with Gasteiger partial charge in [-0.15, -0.1) is 0 Å². The Labute approximate surface area is 184 Å². The molecule has 3 aromatic rings. The highest BCUT2D eigenvalue weighted by Crippen LogP contribution is 2.35. The lowest BCUT2D eigenvalue weighted by molar-refractivity contribution is 0.304. The highest BCUT2D eigenvalue weighted by molar-refractivity contribution is 7.98. The van der Waals surface area contributed by atoms with E-state index in [1.807, 2.05) is 43.0 Å². The molecular formula is C26H31NO2S. The minimum absolute atomic E-state index is 0.317. The Kier molecular flexibility index (Phi) is 8.23. The van der Waals surface area contributed by atoms with Gasteiger partial charge < -0.3 is 15.2 Å². The molecular weight excluding hydrogens is 390 g/mol. The SMILES string of the molecule is CSCCCNCc1ccc(COc2cccc(-c3cccc(O)c3C)c2C)cc1. The molecule has 0 atom stereocenters. The molecule has 0 amide bonds. The maximum atomic E-state index is 10.1. The first kappa shape index (κ1) is 22.3. The fourth-order valence-electron chi connectivity index (χ4n) is 3.47. The minimum Gasteiger partial charge on any atom is -0.508 e. The molecule has 0 unspecified atom stereocenters. The Morgan fingerprint density at radius 1 is 0.867 bits per heavy atom. The van der Waals surface area contributed by atoms with Crippen molar-refractivity contribution >= 4 is 11.8 Å². The van der Waals surface area contributed by atoms with Gasteiger partial charge in [0.25, 0.3) is 0 Å². The Morgan fingerprint density at radius 3 is 2.27 bits per heavy atom. The molecule has 0 heterocycles. The van der Waals surface area contributed by atoms with Gasteiger partial charge in [0.1, 0.15) is 18.1 Å². The zero-order chi connectivity index (χ0) is 21.3. The van der Waals surface area contributed by atoms with E-state index in [9.17, 15) is 5.11 Å². The molecule has 4 heteroatoms. The van der Waals surface area contributed by atoms with Crippen LogP contribution >= 0.6 is 11.8 Å². The summed E-state index contributed by atoms with van der Waals surface area (Å²) in [6.45, 7) is 6.50. The summed E-state index contributed by atoms with van der Waals surface area (Å²) >= 11 is 1.89. The van der Waals surface area contributed by atoms with Gasteiger partial charge in [0.05, 0.1) is 0 Å². The highest BCUT2D eigenvalue weighted by atomic mass is 32.2. The number of benzene rings is 3. The van der Waals surface area contributed by atoms with Crippen LogP contribution in [0.15, 0.2) is 60.7 Å². The van der Waals surface area contributed by atoms with Gasteiger partial charge in [-0.2, -0.15) is 11.8 Å². The van der Waals surface area contributed by atoms with Gasteiger partial charge >= 0.3 is 0 Å². The van der Waals surface area contributed by atoms with E-state index in [0.29, 0.717) is 12.4 Å². The number of phenolic OH excluding ortho intramolecular Hbond substituents is 1. The fourth-order valence-corrected chi connectivity index (χ4v) is 3.90. The standard InChI is InChI=1S/C26H31NO2S/c1-19-23(7-4-9-25(19)28)24-8-5-10-26(20(24)2)29-18-22-13-11-21(12-14-22)17-27-15-6-16-30-3/h4-5,7-14,27-28H,6,15-18H2,1-3H3. The fraction of sp³-hybridized carbons (Fsp3) is 0.308. The summed E-state index contributed by atoms with van der Waals surface area (Å²) in [5.41, 5.74) is 6.53. The maximum absolute atomic E-state index is 10.1. The van der Waals surface area contributed by atoms with Gasteiger partial charge in [-0.3, -0.25) is 0 Å². The minimum atomic E-state index is 0.317. The van der Waals surface area contributed by atoms with Gasteiger partial charge in [0.2, 0.25) is 0 Å². The van der Waals surface area contributed by atoms with Crippen LogP contribution in [0.5, 0.6) is 11.5 Å². The largest absolute Gasteiger partial charge is 0.508 e. The second-order valence-electron chi connectivity index (χ2n) is 7.51. The van der Waals surface area contributed by atoms with Crippen LogP contribution < -0.4 is 10.1 Å². The number of nitrogens with one attached hydrogen (secondary N) is 1. The van der Waals surface area contributed by atoms with Crippen molar-refractivity contribution in [1.29, 1.82) is 0 Å². The number of thioether (sulfide) groups is 1. The van der Waals surface area contributed by atoms with E-state index in [2.05, 4.69) is 48.8 Å². The molecule has 0 radical (unpaired) electrons. The van der Waals surface area contributed by atoms with Crippen molar-refractivity contribution in [3.05, 3.63) is 82.9 Å². The Hall–Kier alpha value is -2.43. The van der Waals surface area contributed by atoms with Crippen molar-refractivity contribution < 1.29 is 9.84 Å². The molecule has 0 saturated carbocycles. The molecule has 0 aromatic heterocycles. The molecule has 3 rings (SSSR count). The first-order valence-electron chi connectivity index (χ1n) is 10.4. The van der Waals surface area contributed by atoms with Crippen LogP contribution in [0, 0.1) is 13.8 Å². The van der Waals surface area contributed by atoms with E-state index in [0.717, 1.165) is 46.7 Å². The van der Waals surface area contributed by atoms with E-state index in [1.165, 1.54) is 17.7 Å². The second-order valence-corrected chi connectivity index (χ2v) is 8.49. The number of aromatic hydroxyl groups is 1. The average Bonchev–Trinajstić information content (AvgIpc) is 2.76. The van der Waals surface area contributed by atoms with Gasteiger partial charge in [0.15, 0.2) is 0 Å². The first-order valence-corrected chi connectivity index (χ1v) is 11.8. The normalized spacial score (nSPS) is 10.9. The van der Waals surface area contributed by atoms with Crippen LogP contribution in [-0.4, -0.2) is 23.7 Å². The summed E-state index contributed by atoms with van der Waals surface area (Å²) in [4.78, 5) is 0. The third-order valence-corrected chi connectivity index (χ3v) is 6.02. The molecule has 3 nitrogen and oxygen atoms in total. The Bertz CT molecular complexity index is 954. The van der Waals surface area contributed by atoms with Crippen LogP contribution in [-0.2, 0) is 13.2 Å². The van der Waals surface area contributed by atoms with Crippen LogP contribution in [0.1, 0.15) is 28.7 Å². The Morgan fingerprint density at radius 2 is 1.53 bits per heavy atom. The number of rotatable bonds is 10. The number of ether oxygens (including phenoxy) is 1. The van der Waals surface area contributed by atoms with Gasteiger partial charge in [-0.25, -0.2) is 0 Å². The molecule has 0 bridgehead atoms. The number of hydrogen-bond acceptors (Lipinski definition) is 4. The lowest BCUT2D eigenvalue weighted by Crippen LogP contribution is -2.15. The third kappa shape index (κ3) is 5.80. The highest BCUT2D eigenvalue weighted by Gasteiger charge is 2.11. The molecule has 158 valence electrons. The van der Waals surface area contributed by atoms with Crippen LogP contribution in [0.3, 0.4) is 0 Å². The summed E-state index contributed by atoms with van der Waals surface area (Å²) in [5, 5.41) is 13.5. The van der Waals surface area contributed by atoms with Crippen molar-refractivity contribution in [2.75, 3.05) is 18.6 Å². The molecule has 3 aromatic carbocycles. The zero-order valence-electron chi connectivity index (χ0n) is 18.1. The average molecular weight is 422 g/mol. The molecule has 0 saturated heterocycles. The lowest BCUT2D eigenvalue weighted by Gasteiger charge is -2.15. The van der Waals surface area contributed by atoms with E-state index in [-0.39, 0.29) is 0 Å². The predicted octanol–water partition coefficient (Wildman–Crippen LogP) is 6.10. The maximum Gasteiger partial charge on any atom is 0.123 e. The van der Waals surface area contributed by atoms with Crippen LogP contribution in [0.25, 0.3) is 11.1 Å². The van der Waals surface area contributed by atoms with Gasteiger partial charge in [-0.05, 0) is 84.3 Å². The van der Waals surface area contributed by atoms with Crippen molar-refractivity contribution in [2.45, 2.75) is 33.4 Å². The Balaban J connectivity index is 1.62. The van der Waals surface area contributed by atoms with E-state index < -0.39 is 0 Å². The summed E-state index contributed by atoms with van der Waals surface area (Å²) in [6, 6.07) is 20.3. The molecule has 0 aliphatic carbocycles. The molecule has 0 spiro atoms. The summed E-state index contributed by atoms with van der Waals surface area (Å²) < 4.78 is 6.14. The van der Waals surface area contributed by atoms with Crippen molar-refractivity contribution in [3.63, 3.8) is 0 Å². The topological polar surface area (TPSA) is 41.5 Å². The van der Waals surface area contributed by atoms with E-state index in [4.69, 9.17) is 4.74 Å². The van der Waals surface area contributed by atoms with E-state index >= 15 is 0 Å². The van der Waals surface area contributed by atoms with E-state index in [1.54, 1.807) is 6.07 Å². The van der Waals surface area contributed by atoms with Gasteiger partial charge in [-0.1, -0.05) is 48.5 Å². The van der Waals surface area contributed by atoms with Crippen LogP contribution in [0.4, 0.5) is 0 Å². The smallest absolute Gasteiger partial charge is 0.123 e. The molecule has 0 aliphatic rings. The quantitative estimate of drug-likeness (QED) is 0.388. The van der Waals surface area contributed by atoms with Crippen molar-refractivity contribution in [1.82, 2.24) is 5.32 Å². The van der Waals surface area contributed by atoms with Crippen LogP contribution in [0.2, 0.25) is 0 Å². The zero-order valence-corrected chi connectivity index (χ0v) is 18.9. The molecule has 2 N–H and O–H groups in total. The van der Waals surface area contributed by atoms with Gasteiger partial charge in [0, 0.05) is 6.54 Å². The number of phenols is 1. The third-order valence-electron chi connectivity index (χ3n) is 5.33.